The van der Waals surface area contributed by atoms with Crippen molar-refractivity contribution < 1.29 is 14.6 Å². The molecule has 0 aliphatic heterocycles. The van der Waals surface area contributed by atoms with Gasteiger partial charge in [-0.15, -0.1) is 0 Å². The van der Waals surface area contributed by atoms with Gasteiger partial charge >= 0.3 is 5.97 Å². The van der Waals surface area contributed by atoms with Crippen molar-refractivity contribution >= 4 is 5.97 Å². The van der Waals surface area contributed by atoms with Crippen LogP contribution in [0.1, 0.15) is 39.5 Å². The Hall–Kier alpha value is -0.830. The summed E-state index contributed by atoms with van der Waals surface area (Å²) < 4.78 is 5.48. The minimum absolute atomic E-state index is 0.279. The van der Waals surface area contributed by atoms with E-state index in [9.17, 15) is 9.90 Å². The zero-order valence-corrected chi connectivity index (χ0v) is 9.32. The van der Waals surface area contributed by atoms with Crippen LogP contribution in [0.5, 0.6) is 0 Å². The van der Waals surface area contributed by atoms with E-state index in [4.69, 9.17) is 4.74 Å². The topological polar surface area (TPSA) is 46.5 Å². The average molecular weight is 210 g/mol. The SMILES string of the molecule is CC(=O)O[C@]12CC=CC[C@@H]1CC[C@@]2(C)O. The van der Waals surface area contributed by atoms with E-state index >= 15 is 0 Å². The first-order valence-corrected chi connectivity index (χ1v) is 5.55. The molecule has 1 N–H and O–H groups in total. The van der Waals surface area contributed by atoms with Gasteiger partial charge < -0.3 is 9.84 Å². The van der Waals surface area contributed by atoms with Gasteiger partial charge in [0.1, 0.15) is 11.2 Å². The number of carbonyl (C=O) groups is 1. The molecule has 2 aliphatic rings. The third-order valence-electron chi connectivity index (χ3n) is 3.88. The second-order valence-electron chi connectivity index (χ2n) is 4.90. The summed E-state index contributed by atoms with van der Waals surface area (Å²) in [7, 11) is 0. The van der Waals surface area contributed by atoms with Crippen molar-refractivity contribution in [3.8, 4) is 0 Å². The standard InChI is InChI=1S/C12H18O3/c1-9(13)15-12-7-4-3-5-10(12)6-8-11(12,2)14/h3-4,10,14H,5-8H2,1-2H3/t10-,11-,12-/m1/s1. The fourth-order valence-electron chi connectivity index (χ4n) is 3.04. The van der Waals surface area contributed by atoms with Crippen molar-refractivity contribution in [1.29, 1.82) is 0 Å². The minimum atomic E-state index is -0.881. The van der Waals surface area contributed by atoms with Crippen LogP contribution in [0.25, 0.3) is 0 Å². The summed E-state index contributed by atoms with van der Waals surface area (Å²) in [5, 5.41) is 10.4. The van der Waals surface area contributed by atoms with Gasteiger partial charge in [-0.05, 0) is 26.2 Å². The molecule has 0 heterocycles. The highest BCUT2D eigenvalue weighted by Crippen LogP contribution is 2.51. The minimum Gasteiger partial charge on any atom is -0.456 e. The summed E-state index contributed by atoms with van der Waals surface area (Å²) >= 11 is 0. The largest absolute Gasteiger partial charge is 0.456 e. The number of allylic oxidation sites excluding steroid dienone is 1. The molecule has 3 atom stereocenters. The zero-order valence-electron chi connectivity index (χ0n) is 9.32. The van der Waals surface area contributed by atoms with Gasteiger partial charge in [-0.2, -0.15) is 0 Å². The van der Waals surface area contributed by atoms with Crippen molar-refractivity contribution in [3.05, 3.63) is 12.2 Å². The first kappa shape index (κ1) is 10.7. The van der Waals surface area contributed by atoms with Crippen LogP contribution >= 0.6 is 0 Å². The number of ether oxygens (including phenoxy) is 1. The molecular formula is C12H18O3. The summed E-state index contributed by atoms with van der Waals surface area (Å²) in [6, 6.07) is 0. The number of rotatable bonds is 1. The molecule has 3 heteroatoms. The lowest BCUT2D eigenvalue weighted by Gasteiger charge is -2.43. The number of hydrogen-bond acceptors (Lipinski definition) is 3. The highest BCUT2D eigenvalue weighted by molar-refractivity contribution is 5.67. The third-order valence-corrected chi connectivity index (χ3v) is 3.88. The van der Waals surface area contributed by atoms with E-state index in [2.05, 4.69) is 6.08 Å². The quantitative estimate of drug-likeness (QED) is 0.530. The normalized spacial score (nSPS) is 43.8. The number of fused-ring (bicyclic) bond motifs is 1. The van der Waals surface area contributed by atoms with Crippen LogP contribution in [0.15, 0.2) is 12.2 Å². The van der Waals surface area contributed by atoms with Gasteiger partial charge in [-0.25, -0.2) is 0 Å². The molecule has 0 amide bonds. The van der Waals surface area contributed by atoms with Crippen LogP contribution in [0.2, 0.25) is 0 Å². The maximum Gasteiger partial charge on any atom is 0.303 e. The van der Waals surface area contributed by atoms with Gasteiger partial charge in [0.25, 0.3) is 0 Å². The molecule has 0 spiro atoms. The maximum absolute atomic E-state index is 11.2. The van der Waals surface area contributed by atoms with Gasteiger partial charge in [0, 0.05) is 19.3 Å². The van der Waals surface area contributed by atoms with E-state index in [-0.39, 0.29) is 11.9 Å². The smallest absolute Gasteiger partial charge is 0.303 e. The molecule has 0 bridgehead atoms. The molecule has 1 saturated carbocycles. The molecule has 2 rings (SSSR count). The Morgan fingerprint density at radius 2 is 2.27 bits per heavy atom. The third kappa shape index (κ3) is 1.49. The molecule has 15 heavy (non-hydrogen) atoms. The van der Waals surface area contributed by atoms with Crippen molar-refractivity contribution in [2.45, 2.75) is 50.7 Å². The molecule has 3 nitrogen and oxygen atoms in total. The molecule has 84 valence electrons. The summed E-state index contributed by atoms with van der Waals surface area (Å²) in [6.45, 7) is 3.20. The second kappa shape index (κ2) is 3.34. The summed E-state index contributed by atoms with van der Waals surface area (Å²) in [6.07, 6.45) is 7.33. The Labute approximate surface area is 90.1 Å². The van der Waals surface area contributed by atoms with Crippen LogP contribution in [0.4, 0.5) is 0 Å². The second-order valence-corrected chi connectivity index (χ2v) is 4.90. The lowest BCUT2D eigenvalue weighted by Crippen LogP contribution is -2.55. The predicted octanol–water partition coefficient (Wildman–Crippen LogP) is 1.80. The summed E-state index contributed by atoms with van der Waals surface area (Å²) in [5.74, 6) is -0.0149. The van der Waals surface area contributed by atoms with E-state index in [0.717, 1.165) is 12.8 Å². The summed E-state index contributed by atoms with van der Waals surface area (Å²) in [4.78, 5) is 11.2. The Balaban J connectivity index is 2.35. The van der Waals surface area contributed by atoms with Crippen LogP contribution in [0, 0.1) is 5.92 Å². The van der Waals surface area contributed by atoms with E-state index < -0.39 is 11.2 Å². The molecule has 0 aromatic heterocycles. The molecule has 0 unspecified atom stereocenters. The number of hydrogen-bond donors (Lipinski definition) is 1. The zero-order chi connectivity index (χ0) is 11.1. The lowest BCUT2D eigenvalue weighted by molar-refractivity contribution is -0.192. The first-order chi connectivity index (χ1) is 6.98. The molecule has 0 aromatic rings. The highest BCUT2D eigenvalue weighted by Gasteiger charge is 2.59. The fraction of sp³-hybridized carbons (Fsp3) is 0.750. The molecule has 0 radical (unpaired) electrons. The molecule has 1 fully saturated rings. The Bertz CT molecular complexity index is 306. The molecule has 0 aromatic carbocycles. The van der Waals surface area contributed by atoms with E-state index in [1.54, 1.807) is 6.92 Å². The van der Waals surface area contributed by atoms with Gasteiger partial charge in [0.05, 0.1) is 0 Å². The van der Waals surface area contributed by atoms with Crippen molar-refractivity contribution in [2.24, 2.45) is 5.92 Å². The first-order valence-electron chi connectivity index (χ1n) is 5.55. The Kier molecular flexibility index (Phi) is 2.38. The highest BCUT2D eigenvalue weighted by atomic mass is 16.6. The van der Waals surface area contributed by atoms with Gasteiger partial charge in [-0.3, -0.25) is 4.79 Å². The molecular weight excluding hydrogens is 192 g/mol. The molecule has 2 aliphatic carbocycles. The van der Waals surface area contributed by atoms with E-state index in [1.165, 1.54) is 6.92 Å². The van der Waals surface area contributed by atoms with Gasteiger partial charge in [-0.1, -0.05) is 12.2 Å². The van der Waals surface area contributed by atoms with Gasteiger partial charge in [0.2, 0.25) is 0 Å². The average Bonchev–Trinajstić information content (AvgIpc) is 2.39. The maximum atomic E-state index is 11.2. The van der Waals surface area contributed by atoms with Crippen LogP contribution in [-0.2, 0) is 9.53 Å². The van der Waals surface area contributed by atoms with Crippen molar-refractivity contribution in [2.75, 3.05) is 0 Å². The predicted molar refractivity (Wildman–Crippen MR) is 56.2 cm³/mol. The van der Waals surface area contributed by atoms with Crippen molar-refractivity contribution in [3.63, 3.8) is 0 Å². The summed E-state index contributed by atoms with van der Waals surface area (Å²) in [5.41, 5.74) is -1.55. The Morgan fingerprint density at radius 1 is 1.53 bits per heavy atom. The van der Waals surface area contributed by atoms with Gasteiger partial charge in [0.15, 0.2) is 0 Å². The Morgan fingerprint density at radius 3 is 2.93 bits per heavy atom. The number of aliphatic hydroxyl groups is 1. The van der Waals surface area contributed by atoms with Crippen LogP contribution in [0.3, 0.4) is 0 Å². The van der Waals surface area contributed by atoms with Crippen molar-refractivity contribution in [1.82, 2.24) is 0 Å². The molecule has 0 saturated heterocycles. The van der Waals surface area contributed by atoms with E-state index in [1.807, 2.05) is 6.08 Å². The monoisotopic (exact) mass is 210 g/mol. The van der Waals surface area contributed by atoms with E-state index in [0.29, 0.717) is 12.8 Å². The fourth-order valence-corrected chi connectivity index (χ4v) is 3.04. The number of carbonyl (C=O) groups excluding carboxylic acids is 1. The lowest BCUT2D eigenvalue weighted by atomic mass is 9.75. The van der Waals surface area contributed by atoms with Crippen LogP contribution < -0.4 is 0 Å². The number of esters is 1. The van der Waals surface area contributed by atoms with Crippen LogP contribution in [-0.4, -0.2) is 22.3 Å².